The van der Waals surface area contributed by atoms with E-state index in [1.165, 1.54) is 26.4 Å². The monoisotopic (exact) mass is 440 g/mol. The van der Waals surface area contributed by atoms with Crippen molar-refractivity contribution in [3.8, 4) is 5.75 Å². The number of hydrogen-bond donors (Lipinski definition) is 0. The molecule has 32 heavy (non-hydrogen) atoms. The molecule has 2 aromatic carbocycles. The largest absolute Gasteiger partial charge is 0.478 e. The van der Waals surface area contributed by atoms with Gasteiger partial charge >= 0.3 is 5.97 Å². The Hall–Kier alpha value is -3.17. The van der Waals surface area contributed by atoms with Crippen molar-refractivity contribution >= 4 is 17.3 Å². The van der Waals surface area contributed by atoms with Gasteiger partial charge < -0.3 is 23.8 Å². The molecule has 9 heteroatoms. The summed E-state index contributed by atoms with van der Waals surface area (Å²) in [6.45, 7) is 1.77. The van der Waals surface area contributed by atoms with Crippen LogP contribution < -0.4 is 9.64 Å². The van der Waals surface area contributed by atoms with E-state index in [-0.39, 0.29) is 11.7 Å². The van der Waals surface area contributed by atoms with E-state index < -0.39 is 35.0 Å². The van der Waals surface area contributed by atoms with Crippen LogP contribution >= 0.6 is 0 Å². The van der Waals surface area contributed by atoms with Gasteiger partial charge in [-0.15, -0.1) is 0 Å². The summed E-state index contributed by atoms with van der Waals surface area (Å²) in [5.41, 5.74) is 1.39. The Balaban J connectivity index is 1.75. The number of anilines is 1. The SMILES string of the molecule is COC(OC)[C@]1(C)Oc2ccc([N+](=O)[O-])cc2[C@H]2[C@@H]1OC(=O)[C@@H]1CCc3ccccc3N12. The van der Waals surface area contributed by atoms with Gasteiger partial charge in [0.2, 0.25) is 6.29 Å². The minimum atomic E-state index is -1.19. The number of benzene rings is 2. The first-order chi connectivity index (χ1) is 15.4. The van der Waals surface area contributed by atoms with Gasteiger partial charge in [0, 0.05) is 37.6 Å². The summed E-state index contributed by atoms with van der Waals surface area (Å²) < 4.78 is 23.4. The summed E-state index contributed by atoms with van der Waals surface area (Å²) in [4.78, 5) is 26.3. The van der Waals surface area contributed by atoms with Crippen molar-refractivity contribution in [1.29, 1.82) is 0 Å². The molecule has 3 aliphatic rings. The number of nitro groups is 1. The van der Waals surface area contributed by atoms with E-state index in [4.69, 9.17) is 18.9 Å². The van der Waals surface area contributed by atoms with E-state index in [9.17, 15) is 14.9 Å². The van der Waals surface area contributed by atoms with Crippen molar-refractivity contribution < 1.29 is 28.7 Å². The molecule has 0 amide bonds. The minimum Gasteiger partial charge on any atom is -0.478 e. The first-order valence-electron chi connectivity index (χ1n) is 10.5. The summed E-state index contributed by atoms with van der Waals surface area (Å²) in [7, 11) is 2.99. The van der Waals surface area contributed by atoms with Crippen LogP contribution in [-0.4, -0.2) is 49.1 Å². The normalized spacial score (nSPS) is 28.1. The maximum atomic E-state index is 13.2. The Bertz CT molecular complexity index is 1090. The number of esters is 1. The number of morpholine rings is 1. The molecule has 0 spiro atoms. The zero-order valence-electron chi connectivity index (χ0n) is 18.0. The van der Waals surface area contributed by atoms with Gasteiger partial charge in [0.25, 0.3) is 5.69 Å². The van der Waals surface area contributed by atoms with Crippen LogP contribution in [-0.2, 0) is 25.4 Å². The van der Waals surface area contributed by atoms with E-state index in [1.54, 1.807) is 13.0 Å². The van der Waals surface area contributed by atoms with Crippen molar-refractivity contribution in [3.05, 3.63) is 63.7 Å². The third-order valence-electron chi connectivity index (χ3n) is 6.71. The topological polar surface area (TPSA) is 100 Å². The van der Waals surface area contributed by atoms with Crippen LogP contribution in [0, 0.1) is 10.1 Å². The number of fused-ring (bicyclic) bond motifs is 7. The fourth-order valence-corrected chi connectivity index (χ4v) is 5.32. The van der Waals surface area contributed by atoms with E-state index in [0.717, 1.165) is 17.7 Å². The molecule has 4 atom stereocenters. The lowest BCUT2D eigenvalue weighted by Gasteiger charge is -2.56. The third kappa shape index (κ3) is 2.88. The molecule has 3 heterocycles. The molecule has 0 bridgehead atoms. The Morgan fingerprint density at radius 2 is 1.97 bits per heavy atom. The van der Waals surface area contributed by atoms with Gasteiger partial charge in [-0.25, -0.2) is 4.79 Å². The maximum absolute atomic E-state index is 13.2. The van der Waals surface area contributed by atoms with Gasteiger partial charge in [-0.2, -0.15) is 0 Å². The van der Waals surface area contributed by atoms with E-state index in [2.05, 4.69) is 0 Å². The predicted octanol–water partition coefficient (Wildman–Crippen LogP) is 3.15. The first-order valence-corrected chi connectivity index (χ1v) is 10.5. The zero-order valence-corrected chi connectivity index (χ0v) is 18.0. The van der Waals surface area contributed by atoms with Crippen molar-refractivity contribution in [3.63, 3.8) is 0 Å². The van der Waals surface area contributed by atoms with Crippen LogP contribution in [0.4, 0.5) is 11.4 Å². The van der Waals surface area contributed by atoms with Gasteiger partial charge in [-0.05, 0) is 37.5 Å². The zero-order chi connectivity index (χ0) is 22.6. The van der Waals surface area contributed by atoms with Gasteiger partial charge in [0.15, 0.2) is 11.7 Å². The summed E-state index contributed by atoms with van der Waals surface area (Å²) >= 11 is 0. The fraction of sp³-hybridized carbons (Fsp3) is 0.435. The maximum Gasteiger partial charge on any atom is 0.329 e. The van der Waals surface area contributed by atoms with Gasteiger partial charge in [-0.3, -0.25) is 10.1 Å². The first kappa shape index (κ1) is 20.7. The number of hydrogen-bond acceptors (Lipinski definition) is 8. The number of para-hydroxylation sites is 1. The van der Waals surface area contributed by atoms with Crippen molar-refractivity contribution in [2.45, 2.75) is 49.8 Å². The third-order valence-corrected chi connectivity index (χ3v) is 6.71. The lowest BCUT2D eigenvalue weighted by molar-refractivity contribution is -0.385. The molecule has 0 saturated carbocycles. The fourth-order valence-electron chi connectivity index (χ4n) is 5.32. The minimum absolute atomic E-state index is 0.0523. The molecule has 0 radical (unpaired) electrons. The molecular weight excluding hydrogens is 416 g/mol. The van der Waals surface area contributed by atoms with Crippen LogP contribution in [0.3, 0.4) is 0 Å². The van der Waals surface area contributed by atoms with Crippen LogP contribution in [0.1, 0.15) is 30.5 Å². The van der Waals surface area contributed by atoms with Crippen LogP contribution in [0.5, 0.6) is 5.75 Å². The molecule has 5 rings (SSSR count). The highest BCUT2D eigenvalue weighted by Gasteiger charge is 2.61. The molecule has 2 aromatic rings. The lowest BCUT2D eigenvalue weighted by Crippen LogP contribution is -2.68. The number of ether oxygens (including phenoxy) is 4. The second-order valence-electron chi connectivity index (χ2n) is 8.46. The standard InChI is InChI=1S/C23H24N2O7/c1-23(22(29-2)30-3)20-19(15-12-14(25(27)28)9-11-18(15)32-23)24-16-7-5-4-6-13(16)8-10-17(24)21(26)31-20/h4-7,9,11-12,17,19-20,22H,8,10H2,1-3H3/t17-,19-,20-,23+/m0/s1. The number of rotatable bonds is 4. The Kier molecular flexibility index (Phi) is 4.83. The lowest BCUT2D eigenvalue weighted by atomic mass is 9.79. The highest BCUT2D eigenvalue weighted by atomic mass is 16.7. The number of carbonyl (C=O) groups is 1. The molecule has 9 nitrogen and oxygen atoms in total. The quantitative estimate of drug-likeness (QED) is 0.309. The van der Waals surface area contributed by atoms with Crippen molar-refractivity contribution in [2.75, 3.05) is 19.1 Å². The second kappa shape index (κ2) is 7.46. The average molecular weight is 440 g/mol. The second-order valence-corrected chi connectivity index (χ2v) is 8.46. The Morgan fingerprint density at radius 3 is 2.69 bits per heavy atom. The van der Waals surface area contributed by atoms with Gasteiger partial charge in [0.1, 0.15) is 17.8 Å². The van der Waals surface area contributed by atoms with E-state index >= 15 is 0 Å². The van der Waals surface area contributed by atoms with Gasteiger partial charge in [-0.1, -0.05) is 18.2 Å². The molecule has 1 fully saturated rings. The molecule has 0 aromatic heterocycles. The number of carbonyl (C=O) groups excluding carboxylic acids is 1. The molecule has 0 N–H and O–H groups in total. The van der Waals surface area contributed by atoms with E-state index in [0.29, 0.717) is 17.7 Å². The van der Waals surface area contributed by atoms with Crippen molar-refractivity contribution in [1.82, 2.24) is 0 Å². The number of nitrogens with zero attached hydrogens (tertiary/aromatic N) is 2. The molecule has 3 aliphatic heterocycles. The molecule has 0 unspecified atom stereocenters. The Morgan fingerprint density at radius 1 is 1.22 bits per heavy atom. The number of aryl methyl sites for hydroxylation is 1. The van der Waals surface area contributed by atoms with Crippen LogP contribution in [0.25, 0.3) is 0 Å². The molecule has 1 saturated heterocycles. The van der Waals surface area contributed by atoms with Crippen LogP contribution in [0.15, 0.2) is 42.5 Å². The Labute approximate surface area is 185 Å². The van der Waals surface area contributed by atoms with E-state index in [1.807, 2.05) is 29.2 Å². The summed E-state index contributed by atoms with van der Waals surface area (Å²) in [6, 6.07) is 11.4. The molecular formula is C23H24N2O7. The highest BCUT2D eigenvalue weighted by Crippen LogP contribution is 2.52. The van der Waals surface area contributed by atoms with Crippen molar-refractivity contribution in [2.24, 2.45) is 0 Å². The highest BCUT2D eigenvalue weighted by molar-refractivity contribution is 5.84. The number of non-ortho nitro benzene ring substituents is 1. The number of nitro benzene ring substituents is 1. The summed E-state index contributed by atoms with van der Waals surface area (Å²) in [6.07, 6.45) is -0.323. The molecule has 0 aliphatic carbocycles. The summed E-state index contributed by atoms with van der Waals surface area (Å²) in [5.74, 6) is 0.119. The van der Waals surface area contributed by atoms with Gasteiger partial charge in [0.05, 0.1) is 4.92 Å². The smallest absolute Gasteiger partial charge is 0.329 e. The number of methoxy groups -OCH3 is 2. The summed E-state index contributed by atoms with van der Waals surface area (Å²) in [5, 5.41) is 11.5. The average Bonchev–Trinajstić information content (AvgIpc) is 2.79. The predicted molar refractivity (Wildman–Crippen MR) is 114 cm³/mol. The molecule has 168 valence electrons. The van der Waals surface area contributed by atoms with Crippen LogP contribution in [0.2, 0.25) is 0 Å².